The van der Waals surface area contributed by atoms with E-state index in [9.17, 15) is 20.4 Å². The van der Waals surface area contributed by atoms with Gasteiger partial charge in [-0.15, -0.1) is 0 Å². The molecule has 40 heavy (non-hydrogen) atoms. The van der Waals surface area contributed by atoms with Crippen LogP contribution < -0.4 is 0 Å². The molecule has 0 radical (unpaired) electrons. The van der Waals surface area contributed by atoms with Crippen LogP contribution in [0.1, 0.15) is 98.3 Å². The summed E-state index contributed by atoms with van der Waals surface area (Å²) in [6.45, 7) is 0. The SMILES string of the molecule is Oc1ccccc1C(CCCCCCCCCCC(c1ccccc1O)c1ccccc1O)c1ccccc1O. The minimum absolute atomic E-state index is 0.0246. The van der Waals surface area contributed by atoms with E-state index < -0.39 is 0 Å². The first kappa shape index (κ1) is 29.1. The first-order valence-corrected chi connectivity index (χ1v) is 14.7. The van der Waals surface area contributed by atoms with Crippen molar-refractivity contribution in [2.45, 2.75) is 76.0 Å². The molecule has 0 atom stereocenters. The van der Waals surface area contributed by atoms with Gasteiger partial charge in [-0.3, -0.25) is 0 Å². The van der Waals surface area contributed by atoms with Crippen LogP contribution in [0, 0.1) is 0 Å². The van der Waals surface area contributed by atoms with Gasteiger partial charge in [-0.05, 0) is 37.1 Å². The Balaban J connectivity index is 1.20. The summed E-state index contributed by atoms with van der Waals surface area (Å²) in [6, 6.07) is 29.8. The second-order valence-corrected chi connectivity index (χ2v) is 10.7. The molecule has 4 N–H and O–H groups in total. The molecule has 0 amide bonds. The van der Waals surface area contributed by atoms with Gasteiger partial charge in [-0.1, -0.05) is 124 Å². The molecule has 4 aromatic carbocycles. The predicted octanol–water partition coefficient (Wildman–Crippen LogP) is 9.37. The molecular weight excluding hydrogens is 496 g/mol. The number of phenols is 4. The molecule has 0 saturated heterocycles. The number of unbranched alkanes of at least 4 members (excludes halogenated alkanes) is 7. The summed E-state index contributed by atoms with van der Waals surface area (Å²) in [5.41, 5.74) is 3.48. The van der Waals surface area contributed by atoms with E-state index >= 15 is 0 Å². The Bertz CT molecular complexity index is 1140. The number of para-hydroxylation sites is 4. The summed E-state index contributed by atoms with van der Waals surface area (Å²) >= 11 is 0. The zero-order valence-electron chi connectivity index (χ0n) is 23.3. The number of benzene rings is 4. The third-order valence-corrected chi connectivity index (χ3v) is 7.98. The van der Waals surface area contributed by atoms with Crippen molar-refractivity contribution in [3.8, 4) is 23.0 Å². The lowest BCUT2D eigenvalue weighted by Gasteiger charge is -2.20. The standard InChI is InChI=1S/C36H42O4/c37-33-23-13-9-19-29(33)27(30-20-10-14-24-34(30)38)17-7-5-3-1-2-4-6-8-18-28(31-21-11-15-25-35(31)39)32-22-12-16-26-36(32)40/h9-16,19-28,37-40H,1-8,17-18H2. The molecule has 210 valence electrons. The molecule has 4 heteroatoms. The third kappa shape index (κ3) is 7.81. The Morgan fingerprint density at radius 3 is 0.800 bits per heavy atom. The normalized spacial score (nSPS) is 11.3. The number of rotatable bonds is 15. The van der Waals surface area contributed by atoms with Crippen molar-refractivity contribution in [3.05, 3.63) is 119 Å². The Morgan fingerprint density at radius 2 is 0.550 bits per heavy atom. The Morgan fingerprint density at radius 1 is 0.325 bits per heavy atom. The van der Waals surface area contributed by atoms with E-state index in [0.29, 0.717) is 0 Å². The van der Waals surface area contributed by atoms with Crippen LogP contribution in [0.3, 0.4) is 0 Å². The molecule has 0 heterocycles. The van der Waals surface area contributed by atoms with E-state index in [4.69, 9.17) is 0 Å². The average molecular weight is 539 g/mol. The van der Waals surface area contributed by atoms with Crippen molar-refractivity contribution < 1.29 is 20.4 Å². The zero-order chi connectivity index (χ0) is 28.2. The molecule has 0 unspecified atom stereocenters. The summed E-state index contributed by atoms with van der Waals surface area (Å²) in [6.07, 6.45) is 10.8. The summed E-state index contributed by atoms with van der Waals surface area (Å²) in [5.74, 6) is 1.07. The van der Waals surface area contributed by atoms with Gasteiger partial charge in [0.2, 0.25) is 0 Å². The van der Waals surface area contributed by atoms with Crippen molar-refractivity contribution in [1.82, 2.24) is 0 Å². The number of phenolic OH excluding ortho intramolecular Hbond substituents is 4. The first-order valence-electron chi connectivity index (χ1n) is 14.7. The fourth-order valence-electron chi connectivity index (χ4n) is 5.84. The molecule has 4 aromatic rings. The predicted molar refractivity (Wildman–Crippen MR) is 162 cm³/mol. The van der Waals surface area contributed by atoms with Crippen LogP contribution in [0.4, 0.5) is 0 Å². The molecule has 0 aliphatic carbocycles. The van der Waals surface area contributed by atoms with Gasteiger partial charge in [0.15, 0.2) is 0 Å². The summed E-state index contributed by atoms with van der Waals surface area (Å²) in [7, 11) is 0. The highest BCUT2D eigenvalue weighted by atomic mass is 16.3. The molecule has 0 aliphatic heterocycles. The highest BCUT2D eigenvalue weighted by molar-refractivity contribution is 5.47. The topological polar surface area (TPSA) is 80.9 Å². The minimum Gasteiger partial charge on any atom is -0.508 e. The smallest absolute Gasteiger partial charge is 0.119 e. The number of aromatic hydroxyl groups is 4. The summed E-state index contributed by atoms with van der Waals surface area (Å²) in [5, 5.41) is 41.8. The zero-order valence-corrected chi connectivity index (χ0v) is 23.3. The van der Waals surface area contributed by atoms with Crippen LogP contribution in [0.25, 0.3) is 0 Å². The number of hydrogen-bond donors (Lipinski definition) is 4. The molecule has 0 fully saturated rings. The van der Waals surface area contributed by atoms with E-state index in [1.807, 2.05) is 72.8 Å². The molecule has 0 saturated carbocycles. The van der Waals surface area contributed by atoms with E-state index in [-0.39, 0.29) is 34.8 Å². The van der Waals surface area contributed by atoms with Gasteiger partial charge in [0.25, 0.3) is 0 Å². The van der Waals surface area contributed by atoms with Crippen molar-refractivity contribution >= 4 is 0 Å². The van der Waals surface area contributed by atoms with Gasteiger partial charge in [-0.25, -0.2) is 0 Å². The lowest BCUT2D eigenvalue weighted by Crippen LogP contribution is -2.02. The van der Waals surface area contributed by atoms with Crippen LogP contribution >= 0.6 is 0 Å². The largest absolute Gasteiger partial charge is 0.508 e. The summed E-state index contributed by atoms with van der Waals surface area (Å²) in [4.78, 5) is 0. The molecule has 0 aliphatic rings. The van der Waals surface area contributed by atoms with Crippen molar-refractivity contribution in [3.63, 3.8) is 0 Å². The quantitative estimate of drug-likeness (QED) is 0.114. The lowest BCUT2D eigenvalue weighted by atomic mass is 9.85. The minimum atomic E-state index is -0.0246. The monoisotopic (exact) mass is 538 g/mol. The highest BCUT2D eigenvalue weighted by Gasteiger charge is 2.21. The van der Waals surface area contributed by atoms with E-state index in [1.54, 1.807) is 24.3 Å². The van der Waals surface area contributed by atoms with Crippen molar-refractivity contribution in [2.24, 2.45) is 0 Å². The molecule has 0 bridgehead atoms. The van der Waals surface area contributed by atoms with E-state index in [2.05, 4.69) is 0 Å². The Labute approximate surface area is 238 Å². The highest BCUT2D eigenvalue weighted by Crippen LogP contribution is 2.40. The maximum absolute atomic E-state index is 10.5. The van der Waals surface area contributed by atoms with Crippen LogP contribution in [0.15, 0.2) is 97.1 Å². The van der Waals surface area contributed by atoms with Crippen LogP contribution in [-0.4, -0.2) is 20.4 Å². The van der Waals surface area contributed by atoms with E-state index in [0.717, 1.165) is 60.8 Å². The van der Waals surface area contributed by atoms with Crippen LogP contribution in [-0.2, 0) is 0 Å². The molecule has 0 aromatic heterocycles. The summed E-state index contributed by atoms with van der Waals surface area (Å²) < 4.78 is 0. The Kier molecular flexibility index (Phi) is 10.9. The average Bonchev–Trinajstić information content (AvgIpc) is 2.96. The van der Waals surface area contributed by atoms with Gasteiger partial charge in [0, 0.05) is 34.1 Å². The second kappa shape index (κ2) is 15.0. The molecule has 4 nitrogen and oxygen atoms in total. The Hall–Kier alpha value is -3.92. The van der Waals surface area contributed by atoms with Crippen LogP contribution in [0.2, 0.25) is 0 Å². The van der Waals surface area contributed by atoms with Crippen molar-refractivity contribution in [2.75, 3.05) is 0 Å². The van der Waals surface area contributed by atoms with Gasteiger partial charge < -0.3 is 20.4 Å². The van der Waals surface area contributed by atoms with Gasteiger partial charge in [0.1, 0.15) is 23.0 Å². The fraction of sp³-hybridized carbons (Fsp3) is 0.333. The fourth-order valence-corrected chi connectivity index (χ4v) is 5.84. The van der Waals surface area contributed by atoms with Gasteiger partial charge >= 0.3 is 0 Å². The van der Waals surface area contributed by atoms with Crippen LogP contribution in [0.5, 0.6) is 23.0 Å². The first-order chi connectivity index (χ1) is 19.6. The number of hydrogen-bond acceptors (Lipinski definition) is 4. The molecule has 0 spiro atoms. The van der Waals surface area contributed by atoms with Gasteiger partial charge in [0.05, 0.1) is 0 Å². The lowest BCUT2D eigenvalue weighted by molar-refractivity contribution is 0.445. The van der Waals surface area contributed by atoms with Gasteiger partial charge in [-0.2, -0.15) is 0 Å². The molecular formula is C36H42O4. The third-order valence-electron chi connectivity index (χ3n) is 7.98. The maximum atomic E-state index is 10.5. The maximum Gasteiger partial charge on any atom is 0.119 e. The molecule has 4 rings (SSSR count). The second-order valence-electron chi connectivity index (χ2n) is 10.7. The van der Waals surface area contributed by atoms with Crippen molar-refractivity contribution in [1.29, 1.82) is 0 Å². The van der Waals surface area contributed by atoms with E-state index in [1.165, 1.54) is 25.7 Å².